The third-order valence-electron chi connectivity index (χ3n) is 1.16. The lowest BCUT2D eigenvalue weighted by Gasteiger charge is -2.06. The first-order chi connectivity index (χ1) is 4.72. The van der Waals surface area contributed by atoms with Crippen molar-refractivity contribution in [1.29, 1.82) is 0 Å². The summed E-state index contributed by atoms with van der Waals surface area (Å²) in [5.41, 5.74) is 0. The van der Waals surface area contributed by atoms with Gasteiger partial charge in [0.15, 0.2) is 0 Å². The molecule has 0 saturated carbocycles. The molecule has 1 atom stereocenters. The van der Waals surface area contributed by atoms with Gasteiger partial charge in [0.25, 0.3) is 0 Å². The smallest absolute Gasteiger partial charge is 0.117 e. The summed E-state index contributed by atoms with van der Waals surface area (Å²) in [6.45, 7) is 1.75. The number of rotatable bonds is 4. The van der Waals surface area contributed by atoms with Crippen molar-refractivity contribution in [3.63, 3.8) is 0 Å². The molecule has 0 aliphatic heterocycles. The second kappa shape index (κ2) is 5.26. The van der Waals surface area contributed by atoms with E-state index in [-0.39, 0.29) is 18.8 Å². The monoisotopic (exact) mass is 146 g/mol. The van der Waals surface area contributed by atoms with Crippen molar-refractivity contribution in [2.45, 2.75) is 25.9 Å². The largest absolute Gasteiger partial charge is 0.510 e. The van der Waals surface area contributed by atoms with Gasteiger partial charge in [0.1, 0.15) is 11.9 Å². The van der Waals surface area contributed by atoms with Gasteiger partial charge in [-0.2, -0.15) is 0 Å². The quantitative estimate of drug-likeness (QED) is 0.508. The Hall–Kier alpha value is -0.540. The van der Waals surface area contributed by atoms with E-state index in [4.69, 9.17) is 15.3 Å². The fourth-order valence-electron chi connectivity index (χ4n) is 0.615. The molecule has 0 bridgehead atoms. The molecule has 3 nitrogen and oxygen atoms in total. The summed E-state index contributed by atoms with van der Waals surface area (Å²) in [5, 5.41) is 26.3. The number of hydrogen-bond acceptors (Lipinski definition) is 3. The molecular weight excluding hydrogens is 132 g/mol. The summed E-state index contributed by atoms with van der Waals surface area (Å²) >= 11 is 0. The average molecular weight is 146 g/mol. The summed E-state index contributed by atoms with van der Waals surface area (Å²) in [4.78, 5) is 0. The Morgan fingerprint density at radius 2 is 2.20 bits per heavy atom. The fraction of sp³-hybridized carbons (Fsp3) is 0.714. The zero-order chi connectivity index (χ0) is 7.98. The highest BCUT2D eigenvalue weighted by Gasteiger charge is 2.06. The Morgan fingerprint density at radius 3 is 2.60 bits per heavy atom. The van der Waals surface area contributed by atoms with Crippen LogP contribution in [-0.4, -0.2) is 28.0 Å². The molecule has 0 spiro atoms. The van der Waals surface area contributed by atoms with E-state index in [9.17, 15) is 0 Å². The molecule has 0 amide bonds. The first-order valence-electron chi connectivity index (χ1n) is 3.40. The highest BCUT2D eigenvalue weighted by molar-refractivity contribution is 4.96. The van der Waals surface area contributed by atoms with Crippen LogP contribution < -0.4 is 0 Å². The minimum atomic E-state index is -0.898. The number of hydrogen-bond donors (Lipinski definition) is 3. The maximum Gasteiger partial charge on any atom is 0.117 e. The summed E-state index contributed by atoms with van der Waals surface area (Å²) in [6.07, 6.45) is 1.52. The average Bonchev–Trinajstić information content (AvgIpc) is 1.89. The Morgan fingerprint density at radius 1 is 1.60 bits per heavy atom. The van der Waals surface area contributed by atoms with Gasteiger partial charge in [0.2, 0.25) is 0 Å². The van der Waals surface area contributed by atoms with E-state index in [1.807, 2.05) is 6.92 Å². The Bertz CT molecular complexity index is 109. The molecule has 0 aliphatic carbocycles. The van der Waals surface area contributed by atoms with Crippen molar-refractivity contribution in [2.75, 3.05) is 6.61 Å². The molecule has 0 rings (SSSR count). The van der Waals surface area contributed by atoms with Gasteiger partial charge in [-0.05, 0) is 12.5 Å². The molecule has 3 heteroatoms. The van der Waals surface area contributed by atoms with Crippen molar-refractivity contribution >= 4 is 0 Å². The van der Waals surface area contributed by atoms with Crippen LogP contribution in [0.5, 0.6) is 0 Å². The molecule has 0 saturated heterocycles. The van der Waals surface area contributed by atoms with Crippen molar-refractivity contribution in [1.82, 2.24) is 0 Å². The fourth-order valence-corrected chi connectivity index (χ4v) is 0.615. The van der Waals surface area contributed by atoms with Crippen molar-refractivity contribution in [2.24, 2.45) is 0 Å². The SMILES string of the molecule is CCC=C(O)C(O)CCO. The van der Waals surface area contributed by atoms with Gasteiger partial charge in [-0.15, -0.1) is 0 Å². The number of allylic oxidation sites excluding steroid dienone is 1. The molecule has 0 radical (unpaired) electrons. The molecule has 3 N–H and O–H groups in total. The van der Waals surface area contributed by atoms with Crippen molar-refractivity contribution < 1.29 is 15.3 Å². The topological polar surface area (TPSA) is 60.7 Å². The van der Waals surface area contributed by atoms with Crippen LogP contribution in [0.3, 0.4) is 0 Å². The predicted molar refractivity (Wildman–Crippen MR) is 38.7 cm³/mol. The maximum absolute atomic E-state index is 8.97. The standard InChI is InChI=1S/C7H14O3/c1-2-3-6(9)7(10)4-5-8/h3,7-10H,2,4-5H2,1H3. The second-order valence-corrected chi connectivity index (χ2v) is 2.07. The molecule has 0 aromatic carbocycles. The first kappa shape index (κ1) is 9.46. The maximum atomic E-state index is 8.97. The van der Waals surface area contributed by atoms with E-state index in [0.717, 1.165) is 0 Å². The van der Waals surface area contributed by atoms with E-state index in [1.54, 1.807) is 0 Å². The van der Waals surface area contributed by atoms with Crippen LogP contribution in [0, 0.1) is 0 Å². The lowest BCUT2D eigenvalue weighted by atomic mass is 10.2. The summed E-state index contributed by atoms with van der Waals surface area (Å²) < 4.78 is 0. The third kappa shape index (κ3) is 3.48. The highest BCUT2D eigenvalue weighted by Crippen LogP contribution is 2.02. The van der Waals surface area contributed by atoms with Gasteiger partial charge in [-0.3, -0.25) is 0 Å². The van der Waals surface area contributed by atoms with Crippen LogP contribution in [0.2, 0.25) is 0 Å². The van der Waals surface area contributed by atoms with Gasteiger partial charge >= 0.3 is 0 Å². The van der Waals surface area contributed by atoms with Crippen LogP contribution in [0.4, 0.5) is 0 Å². The first-order valence-corrected chi connectivity index (χ1v) is 3.40. The molecule has 0 fully saturated rings. The van der Waals surface area contributed by atoms with Gasteiger partial charge in [-0.1, -0.05) is 6.92 Å². The zero-order valence-electron chi connectivity index (χ0n) is 6.12. The van der Waals surface area contributed by atoms with E-state index in [1.165, 1.54) is 6.08 Å². The molecule has 1 unspecified atom stereocenters. The van der Waals surface area contributed by atoms with E-state index >= 15 is 0 Å². The second-order valence-electron chi connectivity index (χ2n) is 2.07. The minimum absolute atomic E-state index is 0.0449. The lowest BCUT2D eigenvalue weighted by Crippen LogP contribution is -2.11. The van der Waals surface area contributed by atoms with Crippen molar-refractivity contribution in [3.05, 3.63) is 11.8 Å². The Kier molecular flexibility index (Phi) is 4.98. The predicted octanol–water partition coefficient (Wildman–Crippen LogP) is 0.582. The minimum Gasteiger partial charge on any atom is -0.510 e. The Labute approximate surface area is 60.6 Å². The third-order valence-corrected chi connectivity index (χ3v) is 1.16. The van der Waals surface area contributed by atoms with Crippen LogP contribution in [0.1, 0.15) is 19.8 Å². The number of aliphatic hydroxyl groups is 3. The van der Waals surface area contributed by atoms with Gasteiger partial charge in [0.05, 0.1) is 0 Å². The molecule has 0 aliphatic rings. The van der Waals surface area contributed by atoms with E-state index in [2.05, 4.69) is 0 Å². The van der Waals surface area contributed by atoms with E-state index < -0.39 is 6.10 Å². The molecule has 60 valence electrons. The normalized spacial score (nSPS) is 15.3. The lowest BCUT2D eigenvalue weighted by molar-refractivity contribution is 0.119. The van der Waals surface area contributed by atoms with Gasteiger partial charge in [0, 0.05) is 13.0 Å². The highest BCUT2D eigenvalue weighted by atomic mass is 16.3. The molecule has 10 heavy (non-hydrogen) atoms. The molecule has 0 aromatic heterocycles. The Balaban J connectivity index is 3.69. The van der Waals surface area contributed by atoms with E-state index in [0.29, 0.717) is 6.42 Å². The summed E-state index contributed by atoms with van der Waals surface area (Å²) in [7, 11) is 0. The van der Waals surface area contributed by atoms with Crippen molar-refractivity contribution in [3.8, 4) is 0 Å². The molecular formula is C7H14O3. The zero-order valence-corrected chi connectivity index (χ0v) is 6.12. The summed E-state index contributed by atoms with van der Waals surface area (Å²) in [5.74, 6) is -0.0449. The summed E-state index contributed by atoms with van der Waals surface area (Å²) in [6, 6.07) is 0. The molecule has 0 heterocycles. The van der Waals surface area contributed by atoms with Gasteiger partial charge in [-0.25, -0.2) is 0 Å². The van der Waals surface area contributed by atoms with Gasteiger partial charge < -0.3 is 15.3 Å². The van der Waals surface area contributed by atoms with Crippen LogP contribution in [0.15, 0.2) is 11.8 Å². The molecule has 0 aromatic rings. The van der Waals surface area contributed by atoms with Crippen LogP contribution >= 0.6 is 0 Å². The van der Waals surface area contributed by atoms with Crippen LogP contribution in [-0.2, 0) is 0 Å². The number of aliphatic hydroxyl groups excluding tert-OH is 3. The van der Waals surface area contributed by atoms with Crippen LogP contribution in [0.25, 0.3) is 0 Å².